The molecule has 2 aliphatic rings. The molecule has 0 atom stereocenters. The van der Waals surface area contributed by atoms with Crippen molar-refractivity contribution >= 4 is 0 Å². The normalized spacial score (nSPS) is 27.2. The van der Waals surface area contributed by atoms with Crippen molar-refractivity contribution in [2.75, 3.05) is 0 Å². The number of benzene rings is 1. The van der Waals surface area contributed by atoms with Crippen LogP contribution in [0.25, 0.3) is 0 Å². The predicted octanol–water partition coefficient (Wildman–Crippen LogP) is 9.59. The van der Waals surface area contributed by atoms with Crippen LogP contribution in [0.3, 0.4) is 0 Å². The van der Waals surface area contributed by atoms with Crippen molar-refractivity contribution in [3.05, 3.63) is 47.0 Å². The largest absolute Gasteiger partial charge is 0.422 e. The fourth-order valence-corrected chi connectivity index (χ4v) is 5.85. The number of allylic oxidation sites excluding steroid dienone is 2. The molecule has 0 saturated heterocycles. The summed E-state index contributed by atoms with van der Waals surface area (Å²) in [5.41, 5.74) is -1.40. The highest BCUT2D eigenvalue weighted by molar-refractivity contribution is 5.30. The zero-order valence-corrected chi connectivity index (χ0v) is 19.2. The molecular weight excluding hydrogens is 419 g/mol. The first-order valence-corrected chi connectivity index (χ1v) is 12.4. The Morgan fingerprint density at radius 3 is 1.72 bits per heavy atom. The molecular formula is C27H37F5. The second kappa shape index (κ2) is 11.7. The maximum atomic E-state index is 13.9. The van der Waals surface area contributed by atoms with Crippen molar-refractivity contribution in [2.45, 2.75) is 102 Å². The van der Waals surface area contributed by atoms with Gasteiger partial charge in [-0.05, 0) is 86.8 Å². The van der Waals surface area contributed by atoms with E-state index < -0.39 is 23.4 Å². The summed E-state index contributed by atoms with van der Waals surface area (Å²) in [6.45, 7) is 2.08. The second-order valence-corrected chi connectivity index (χ2v) is 10.0. The molecule has 0 spiro atoms. The van der Waals surface area contributed by atoms with Gasteiger partial charge in [0.05, 0.1) is 0 Å². The van der Waals surface area contributed by atoms with Crippen LogP contribution in [0.1, 0.15) is 107 Å². The van der Waals surface area contributed by atoms with Crippen LogP contribution < -0.4 is 0 Å². The molecule has 1 aromatic carbocycles. The summed E-state index contributed by atoms with van der Waals surface area (Å²) in [6, 6.07) is 1.79. The Labute approximate surface area is 189 Å². The van der Waals surface area contributed by atoms with Crippen molar-refractivity contribution in [1.29, 1.82) is 0 Å². The third-order valence-electron chi connectivity index (χ3n) is 7.83. The molecule has 0 nitrogen and oxygen atoms in total. The summed E-state index contributed by atoms with van der Waals surface area (Å²) in [4.78, 5) is 0. The van der Waals surface area contributed by atoms with Gasteiger partial charge in [-0.2, -0.15) is 13.2 Å². The lowest BCUT2D eigenvalue weighted by Gasteiger charge is -2.32. The van der Waals surface area contributed by atoms with E-state index in [0.717, 1.165) is 49.7 Å². The maximum absolute atomic E-state index is 13.9. The average Bonchev–Trinajstić information content (AvgIpc) is 2.75. The van der Waals surface area contributed by atoms with Crippen molar-refractivity contribution < 1.29 is 22.0 Å². The lowest BCUT2D eigenvalue weighted by atomic mass is 9.74. The summed E-state index contributed by atoms with van der Waals surface area (Å²) in [5.74, 6) is -0.669. The van der Waals surface area contributed by atoms with Gasteiger partial charge >= 0.3 is 6.18 Å². The minimum absolute atomic E-state index is 0.0458. The van der Waals surface area contributed by atoms with Crippen molar-refractivity contribution in [3.63, 3.8) is 0 Å². The third kappa shape index (κ3) is 7.05. The molecule has 3 rings (SSSR count). The number of hydrogen-bond acceptors (Lipinski definition) is 0. The van der Waals surface area contributed by atoms with E-state index in [1.165, 1.54) is 57.8 Å². The van der Waals surface area contributed by atoms with E-state index in [4.69, 9.17) is 0 Å². The van der Waals surface area contributed by atoms with Gasteiger partial charge in [-0.1, -0.05) is 57.1 Å². The first kappa shape index (κ1) is 25.2. The van der Waals surface area contributed by atoms with Crippen molar-refractivity contribution in [2.24, 2.45) is 17.8 Å². The third-order valence-corrected chi connectivity index (χ3v) is 7.83. The van der Waals surface area contributed by atoms with Crippen LogP contribution >= 0.6 is 0 Å². The molecule has 0 aliphatic heterocycles. The molecule has 5 heteroatoms. The van der Waals surface area contributed by atoms with E-state index in [1.54, 1.807) is 0 Å². The Bertz CT molecular complexity index is 712. The molecule has 0 N–H and O–H groups in total. The van der Waals surface area contributed by atoms with Gasteiger partial charge in [-0.25, -0.2) is 8.78 Å². The summed E-state index contributed by atoms with van der Waals surface area (Å²) < 4.78 is 66.3. The lowest BCUT2D eigenvalue weighted by molar-refractivity contribution is -0.142. The molecule has 0 amide bonds. The van der Waals surface area contributed by atoms with E-state index in [2.05, 4.69) is 19.1 Å². The molecule has 0 radical (unpaired) electrons. The first-order valence-electron chi connectivity index (χ1n) is 12.4. The van der Waals surface area contributed by atoms with Crippen LogP contribution in [0.4, 0.5) is 22.0 Å². The molecule has 0 aromatic heterocycles. The molecule has 2 saturated carbocycles. The quantitative estimate of drug-likeness (QED) is 0.207. The molecule has 0 heterocycles. The van der Waals surface area contributed by atoms with E-state index in [9.17, 15) is 22.0 Å². The topological polar surface area (TPSA) is 0 Å². The number of halogens is 5. The van der Waals surface area contributed by atoms with E-state index >= 15 is 0 Å². The Balaban J connectivity index is 1.39. The highest BCUT2D eigenvalue weighted by Gasteiger charge is 2.38. The molecule has 0 unspecified atom stereocenters. The lowest BCUT2D eigenvalue weighted by Crippen LogP contribution is -2.18. The maximum Gasteiger partial charge on any atom is 0.422 e. The van der Waals surface area contributed by atoms with Gasteiger partial charge < -0.3 is 0 Å². The average molecular weight is 457 g/mol. The van der Waals surface area contributed by atoms with Crippen molar-refractivity contribution in [3.8, 4) is 0 Å². The van der Waals surface area contributed by atoms with Gasteiger partial charge in [-0.3, -0.25) is 0 Å². The first-order chi connectivity index (χ1) is 15.3. The zero-order chi connectivity index (χ0) is 23.1. The molecule has 1 aromatic rings. The molecule has 0 bridgehead atoms. The monoisotopic (exact) mass is 456 g/mol. The van der Waals surface area contributed by atoms with Crippen LogP contribution in [0.5, 0.6) is 0 Å². The van der Waals surface area contributed by atoms with Gasteiger partial charge in [0.25, 0.3) is 0 Å². The fraction of sp³-hybridized carbons (Fsp3) is 0.704. The van der Waals surface area contributed by atoms with E-state index in [1.807, 2.05) is 0 Å². The Morgan fingerprint density at radius 1 is 0.781 bits per heavy atom. The smallest absolute Gasteiger partial charge is 0.206 e. The standard InChI is InChI=1S/C27H37F5/c1-2-3-4-5-6-19-7-9-20(10-8-19)11-12-21-13-15-22(16-14-21)23-17-24(28)26(25(29)18-23)27(30,31)32/h2-3,17-22H,4-16H2,1H3/b3-2+. The second-order valence-electron chi connectivity index (χ2n) is 10.0. The van der Waals surface area contributed by atoms with Crippen LogP contribution in [0.15, 0.2) is 24.3 Å². The van der Waals surface area contributed by atoms with Crippen LogP contribution in [-0.2, 0) is 6.18 Å². The summed E-state index contributed by atoms with van der Waals surface area (Å²) in [6.07, 6.45) is 14.7. The highest BCUT2D eigenvalue weighted by Crippen LogP contribution is 2.42. The van der Waals surface area contributed by atoms with Gasteiger partial charge in [0.15, 0.2) is 0 Å². The van der Waals surface area contributed by atoms with Crippen LogP contribution in [0.2, 0.25) is 0 Å². The van der Waals surface area contributed by atoms with Crippen molar-refractivity contribution in [1.82, 2.24) is 0 Å². The number of hydrogen-bond donors (Lipinski definition) is 0. The molecule has 32 heavy (non-hydrogen) atoms. The van der Waals surface area contributed by atoms with Crippen LogP contribution in [-0.4, -0.2) is 0 Å². The van der Waals surface area contributed by atoms with Gasteiger partial charge in [0.2, 0.25) is 0 Å². The summed E-state index contributed by atoms with van der Waals surface area (Å²) in [7, 11) is 0. The molecule has 180 valence electrons. The molecule has 2 fully saturated rings. The minimum Gasteiger partial charge on any atom is -0.206 e. The number of alkyl halides is 3. The Kier molecular flexibility index (Phi) is 9.19. The molecule has 2 aliphatic carbocycles. The summed E-state index contributed by atoms with van der Waals surface area (Å²) >= 11 is 0. The van der Waals surface area contributed by atoms with E-state index in [-0.39, 0.29) is 5.92 Å². The minimum atomic E-state index is -5.00. The van der Waals surface area contributed by atoms with Crippen LogP contribution in [0, 0.1) is 29.4 Å². The Hall–Kier alpha value is -1.39. The number of rotatable bonds is 8. The highest BCUT2D eigenvalue weighted by atomic mass is 19.4. The summed E-state index contributed by atoms with van der Waals surface area (Å²) in [5, 5.41) is 0. The number of unbranched alkanes of at least 4 members (excludes halogenated alkanes) is 1. The Morgan fingerprint density at radius 2 is 1.25 bits per heavy atom. The van der Waals surface area contributed by atoms with Gasteiger partial charge in [-0.15, -0.1) is 0 Å². The SMILES string of the molecule is C/C=C/CCCC1CCC(CCC2CCC(c3cc(F)c(C(F)(F)F)c(F)c3)CC2)CC1. The van der Waals surface area contributed by atoms with Gasteiger partial charge in [0.1, 0.15) is 17.2 Å². The predicted molar refractivity (Wildman–Crippen MR) is 119 cm³/mol. The fourth-order valence-electron chi connectivity index (χ4n) is 5.85. The zero-order valence-electron chi connectivity index (χ0n) is 19.2. The van der Waals surface area contributed by atoms with Gasteiger partial charge in [0, 0.05) is 0 Å². The van der Waals surface area contributed by atoms with E-state index in [0.29, 0.717) is 11.5 Å².